The van der Waals surface area contributed by atoms with Gasteiger partial charge in [-0.1, -0.05) is 17.8 Å². The molecule has 1 N–H and O–H groups in total. The van der Waals surface area contributed by atoms with Gasteiger partial charge in [0.15, 0.2) is 5.13 Å². The minimum absolute atomic E-state index is 0.00474. The van der Waals surface area contributed by atoms with E-state index in [1.807, 2.05) is 18.2 Å². The Morgan fingerprint density at radius 2 is 2.03 bits per heavy atom. The number of nitro groups is 1. The molecule has 12 heteroatoms. The van der Waals surface area contributed by atoms with E-state index >= 15 is 0 Å². The molecule has 1 amide bonds. The molecule has 162 valence electrons. The number of nitrogens with zero attached hydrogens (tertiary/aromatic N) is 4. The van der Waals surface area contributed by atoms with Gasteiger partial charge in [-0.15, -0.1) is 21.5 Å². The first kappa shape index (κ1) is 21.5. The Hall–Kier alpha value is -3.77. The molecule has 0 fully saturated rings. The number of thiazole rings is 1. The first-order valence-corrected chi connectivity index (χ1v) is 11.0. The van der Waals surface area contributed by atoms with Crippen LogP contribution in [0.3, 0.4) is 0 Å². The summed E-state index contributed by atoms with van der Waals surface area (Å²) in [6.07, 6.45) is 0. The number of thioether (sulfide) groups is 1. The molecule has 0 unspecified atom stereocenters. The maximum atomic E-state index is 12.3. The summed E-state index contributed by atoms with van der Waals surface area (Å²) < 4.78 is 10.8. The number of rotatable bonds is 8. The summed E-state index contributed by atoms with van der Waals surface area (Å²) in [6, 6.07) is 13.3. The summed E-state index contributed by atoms with van der Waals surface area (Å²) in [4.78, 5) is 26.9. The number of ether oxygens (including phenoxy) is 1. The third-order valence-electron chi connectivity index (χ3n) is 4.17. The van der Waals surface area contributed by atoms with Crippen LogP contribution in [0, 0.1) is 10.1 Å². The molecule has 0 aliphatic carbocycles. The van der Waals surface area contributed by atoms with Crippen LogP contribution in [0.25, 0.3) is 22.7 Å². The van der Waals surface area contributed by atoms with Crippen LogP contribution < -0.4 is 10.1 Å². The summed E-state index contributed by atoms with van der Waals surface area (Å²) >= 11 is 2.37. The number of carbonyl (C=O) groups is 1. The van der Waals surface area contributed by atoms with Crippen LogP contribution in [-0.2, 0) is 4.79 Å². The van der Waals surface area contributed by atoms with Gasteiger partial charge in [-0.05, 0) is 30.3 Å². The Morgan fingerprint density at radius 3 is 2.78 bits per heavy atom. The van der Waals surface area contributed by atoms with Gasteiger partial charge >= 0.3 is 0 Å². The van der Waals surface area contributed by atoms with Crippen LogP contribution in [0.1, 0.15) is 0 Å². The van der Waals surface area contributed by atoms with Gasteiger partial charge < -0.3 is 14.5 Å². The third-order valence-corrected chi connectivity index (χ3v) is 5.75. The molecule has 0 aliphatic heterocycles. The molecule has 0 atom stereocenters. The monoisotopic (exact) mass is 469 g/mol. The van der Waals surface area contributed by atoms with E-state index in [2.05, 4.69) is 20.5 Å². The molecule has 2 aromatic carbocycles. The second-order valence-corrected chi connectivity index (χ2v) is 8.07. The molecule has 4 aromatic rings. The number of anilines is 1. The number of hydrogen-bond donors (Lipinski definition) is 1. The Kier molecular flexibility index (Phi) is 6.42. The molecule has 0 saturated heterocycles. The quantitative estimate of drug-likeness (QED) is 0.225. The van der Waals surface area contributed by atoms with Crippen molar-refractivity contribution in [2.75, 3.05) is 18.2 Å². The number of methoxy groups -OCH3 is 1. The highest BCUT2D eigenvalue weighted by Gasteiger charge is 2.14. The van der Waals surface area contributed by atoms with Gasteiger partial charge in [0.25, 0.3) is 10.9 Å². The Labute approximate surface area is 189 Å². The second kappa shape index (κ2) is 9.58. The number of hydrogen-bond acceptors (Lipinski definition) is 10. The van der Waals surface area contributed by atoms with E-state index in [-0.39, 0.29) is 22.6 Å². The fourth-order valence-corrected chi connectivity index (χ4v) is 3.94. The maximum absolute atomic E-state index is 12.3. The molecule has 0 spiro atoms. The molecule has 2 heterocycles. The zero-order valence-corrected chi connectivity index (χ0v) is 18.2. The van der Waals surface area contributed by atoms with Crippen LogP contribution in [-0.4, -0.2) is 38.9 Å². The van der Waals surface area contributed by atoms with Crippen molar-refractivity contribution in [3.05, 3.63) is 64.0 Å². The molecule has 0 aliphatic rings. The van der Waals surface area contributed by atoms with Crippen LogP contribution in [0.2, 0.25) is 0 Å². The molecule has 0 radical (unpaired) electrons. The van der Waals surface area contributed by atoms with E-state index in [0.717, 1.165) is 22.9 Å². The fourth-order valence-electron chi connectivity index (χ4n) is 2.64. The SMILES string of the molecule is COc1cccc(-c2nnc(SCC(=O)Nc3nc(-c4ccc([N+](=O)[O-])cc4)cs3)o2)c1. The van der Waals surface area contributed by atoms with Crippen molar-refractivity contribution in [1.29, 1.82) is 0 Å². The molecular weight excluding hydrogens is 454 g/mol. The molecule has 0 bridgehead atoms. The molecule has 32 heavy (non-hydrogen) atoms. The fraction of sp³-hybridized carbons (Fsp3) is 0.100. The number of benzene rings is 2. The van der Waals surface area contributed by atoms with Crippen LogP contribution >= 0.6 is 23.1 Å². The van der Waals surface area contributed by atoms with E-state index in [0.29, 0.717) is 22.5 Å². The van der Waals surface area contributed by atoms with E-state index < -0.39 is 4.92 Å². The zero-order valence-electron chi connectivity index (χ0n) is 16.5. The molecule has 4 rings (SSSR count). The van der Waals surface area contributed by atoms with Crippen molar-refractivity contribution in [1.82, 2.24) is 15.2 Å². The van der Waals surface area contributed by atoms with E-state index in [1.165, 1.54) is 23.5 Å². The number of nitrogens with one attached hydrogen (secondary N) is 1. The summed E-state index contributed by atoms with van der Waals surface area (Å²) in [5, 5.41) is 23.9. The van der Waals surface area contributed by atoms with Gasteiger partial charge in [0.05, 0.1) is 23.5 Å². The predicted octanol–water partition coefficient (Wildman–Crippen LogP) is 4.51. The summed E-state index contributed by atoms with van der Waals surface area (Å²) in [5.74, 6) is 0.789. The zero-order chi connectivity index (χ0) is 22.5. The lowest BCUT2D eigenvalue weighted by molar-refractivity contribution is -0.384. The molecular formula is C20H15N5O5S2. The van der Waals surface area contributed by atoms with Gasteiger partial charge in [-0.3, -0.25) is 14.9 Å². The smallest absolute Gasteiger partial charge is 0.277 e. The number of aromatic nitrogens is 3. The molecule has 10 nitrogen and oxygen atoms in total. The minimum Gasteiger partial charge on any atom is -0.497 e. The van der Waals surface area contributed by atoms with Gasteiger partial charge in [0, 0.05) is 28.6 Å². The molecule has 0 saturated carbocycles. The first-order chi connectivity index (χ1) is 15.5. The molecule has 2 aromatic heterocycles. The number of non-ortho nitro benzene ring substituents is 1. The summed E-state index contributed by atoms with van der Waals surface area (Å²) in [5.41, 5.74) is 2.06. The van der Waals surface area contributed by atoms with Crippen molar-refractivity contribution in [3.63, 3.8) is 0 Å². The Morgan fingerprint density at radius 1 is 1.22 bits per heavy atom. The van der Waals surface area contributed by atoms with Crippen LogP contribution in [0.5, 0.6) is 5.75 Å². The number of nitro benzene ring substituents is 1. The van der Waals surface area contributed by atoms with E-state index in [1.54, 1.807) is 30.7 Å². The Bertz CT molecular complexity index is 1260. The van der Waals surface area contributed by atoms with Crippen molar-refractivity contribution in [2.24, 2.45) is 0 Å². The van der Waals surface area contributed by atoms with Crippen molar-refractivity contribution in [2.45, 2.75) is 5.22 Å². The van der Waals surface area contributed by atoms with Gasteiger partial charge in [-0.25, -0.2) is 4.98 Å². The van der Waals surface area contributed by atoms with E-state index in [9.17, 15) is 14.9 Å². The topological polar surface area (TPSA) is 133 Å². The highest BCUT2D eigenvalue weighted by Crippen LogP contribution is 2.28. The lowest BCUT2D eigenvalue weighted by Crippen LogP contribution is -2.13. The highest BCUT2D eigenvalue weighted by molar-refractivity contribution is 7.99. The normalized spacial score (nSPS) is 10.7. The van der Waals surface area contributed by atoms with Gasteiger partial charge in [-0.2, -0.15) is 0 Å². The first-order valence-electron chi connectivity index (χ1n) is 9.13. The van der Waals surface area contributed by atoms with Crippen molar-refractivity contribution >= 4 is 39.8 Å². The van der Waals surface area contributed by atoms with Gasteiger partial charge in [0.2, 0.25) is 11.8 Å². The van der Waals surface area contributed by atoms with Crippen LogP contribution in [0.15, 0.2) is 63.6 Å². The average Bonchev–Trinajstić information content (AvgIpc) is 3.48. The largest absolute Gasteiger partial charge is 0.497 e. The Balaban J connectivity index is 1.33. The third kappa shape index (κ3) is 5.10. The van der Waals surface area contributed by atoms with Gasteiger partial charge in [0.1, 0.15) is 5.75 Å². The maximum Gasteiger partial charge on any atom is 0.277 e. The number of amides is 1. The van der Waals surface area contributed by atoms with Crippen molar-refractivity contribution in [3.8, 4) is 28.5 Å². The summed E-state index contributed by atoms with van der Waals surface area (Å²) in [6.45, 7) is 0. The lowest BCUT2D eigenvalue weighted by Gasteiger charge is -2.00. The number of carbonyl (C=O) groups excluding carboxylic acids is 1. The van der Waals surface area contributed by atoms with Crippen LogP contribution in [0.4, 0.5) is 10.8 Å². The standard InChI is InChI=1S/C20H15N5O5S2/c1-29-15-4-2-3-13(9-15)18-23-24-20(30-18)32-11-17(26)22-19-21-16(10-31-19)12-5-7-14(8-6-12)25(27)28/h2-10H,11H2,1H3,(H,21,22,26). The average molecular weight is 470 g/mol. The minimum atomic E-state index is -0.461. The summed E-state index contributed by atoms with van der Waals surface area (Å²) in [7, 11) is 1.57. The van der Waals surface area contributed by atoms with Crippen molar-refractivity contribution < 1.29 is 18.9 Å². The van der Waals surface area contributed by atoms with E-state index in [4.69, 9.17) is 9.15 Å². The highest BCUT2D eigenvalue weighted by atomic mass is 32.2. The second-order valence-electron chi connectivity index (χ2n) is 6.28. The predicted molar refractivity (Wildman–Crippen MR) is 120 cm³/mol. The lowest BCUT2D eigenvalue weighted by atomic mass is 10.1.